The van der Waals surface area contributed by atoms with Gasteiger partial charge >= 0.3 is 0 Å². The molecule has 1 aliphatic carbocycles. The van der Waals surface area contributed by atoms with Gasteiger partial charge in [-0.15, -0.1) is 0 Å². The van der Waals surface area contributed by atoms with Crippen LogP contribution < -0.4 is 10.6 Å². The number of hydrogen-bond acceptors (Lipinski definition) is 3. The van der Waals surface area contributed by atoms with E-state index in [1.165, 1.54) is 0 Å². The molecule has 0 atom stereocenters. The number of rotatable bonds is 6. The molecule has 1 heterocycles. The lowest BCUT2D eigenvalue weighted by Crippen LogP contribution is -2.40. The minimum Gasteiger partial charge on any atom is -0.349 e. The van der Waals surface area contributed by atoms with E-state index in [0.29, 0.717) is 43.2 Å². The van der Waals surface area contributed by atoms with Crippen LogP contribution in [-0.2, 0) is 9.59 Å². The molecule has 0 unspecified atom stereocenters. The second-order valence-electron chi connectivity index (χ2n) is 8.16. The highest BCUT2D eigenvalue weighted by molar-refractivity contribution is 5.98. The summed E-state index contributed by atoms with van der Waals surface area (Å²) < 4.78 is 0. The predicted molar refractivity (Wildman–Crippen MR) is 120 cm³/mol. The second kappa shape index (κ2) is 9.60. The number of anilines is 1. The summed E-state index contributed by atoms with van der Waals surface area (Å²) in [4.78, 5) is 39.1. The van der Waals surface area contributed by atoms with Gasteiger partial charge in [-0.2, -0.15) is 0 Å². The minimum absolute atomic E-state index is 0.0305. The van der Waals surface area contributed by atoms with Gasteiger partial charge in [-0.3, -0.25) is 14.4 Å². The normalized spacial score (nSPS) is 16.8. The third-order valence-electron chi connectivity index (χ3n) is 5.70. The maximum absolute atomic E-state index is 12.7. The first-order valence-electron chi connectivity index (χ1n) is 10.8. The van der Waals surface area contributed by atoms with Crippen LogP contribution in [0, 0.1) is 5.92 Å². The van der Waals surface area contributed by atoms with Crippen molar-refractivity contribution in [3.8, 4) is 0 Å². The van der Waals surface area contributed by atoms with Gasteiger partial charge in [0, 0.05) is 42.4 Å². The largest absolute Gasteiger partial charge is 0.349 e. The van der Waals surface area contributed by atoms with Crippen molar-refractivity contribution in [1.29, 1.82) is 0 Å². The summed E-state index contributed by atoms with van der Waals surface area (Å²) in [5.74, 6) is -0.344. The van der Waals surface area contributed by atoms with E-state index >= 15 is 0 Å². The van der Waals surface area contributed by atoms with Gasteiger partial charge in [-0.05, 0) is 55.5 Å². The van der Waals surface area contributed by atoms with Gasteiger partial charge in [0.2, 0.25) is 11.8 Å². The quantitative estimate of drug-likeness (QED) is 0.707. The molecule has 2 aromatic rings. The third-order valence-corrected chi connectivity index (χ3v) is 5.70. The van der Waals surface area contributed by atoms with Gasteiger partial charge in [0.25, 0.3) is 5.91 Å². The van der Waals surface area contributed by atoms with Crippen LogP contribution in [0.25, 0.3) is 6.08 Å². The topological polar surface area (TPSA) is 78.5 Å². The molecular weight excluding hydrogens is 390 g/mol. The zero-order valence-corrected chi connectivity index (χ0v) is 17.4. The van der Waals surface area contributed by atoms with Gasteiger partial charge in [-0.25, -0.2) is 0 Å². The standard InChI is InChI=1S/C25H27N3O3/c29-23(12-9-18-5-2-1-3-6-18)28-15-13-19(14-16-28)24(30)27-22-8-4-7-20(17-22)25(31)26-21-10-11-21/h1-9,12,17,19,21H,10-11,13-16H2,(H,26,31)(H,27,30)/b12-9+. The number of hydrogen-bond donors (Lipinski definition) is 2. The van der Waals surface area contributed by atoms with Crippen molar-refractivity contribution in [2.75, 3.05) is 18.4 Å². The Morgan fingerprint density at radius 3 is 2.35 bits per heavy atom. The number of nitrogens with one attached hydrogen (secondary N) is 2. The Balaban J connectivity index is 1.27. The van der Waals surface area contributed by atoms with Crippen molar-refractivity contribution >= 4 is 29.5 Å². The molecule has 3 amide bonds. The highest BCUT2D eigenvalue weighted by Gasteiger charge is 2.27. The number of piperidine rings is 1. The summed E-state index contributed by atoms with van der Waals surface area (Å²) >= 11 is 0. The van der Waals surface area contributed by atoms with Gasteiger partial charge in [0.05, 0.1) is 0 Å². The van der Waals surface area contributed by atoms with Crippen LogP contribution in [0.1, 0.15) is 41.6 Å². The molecule has 1 aliphatic heterocycles. The first-order valence-corrected chi connectivity index (χ1v) is 10.8. The van der Waals surface area contributed by atoms with Crippen molar-refractivity contribution in [2.24, 2.45) is 5.92 Å². The lowest BCUT2D eigenvalue weighted by Gasteiger charge is -2.30. The maximum atomic E-state index is 12.7. The van der Waals surface area contributed by atoms with Crippen LogP contribution in [0.2, 0.25) is 0 Å². The van der Waals surface area contributed by atoms with Crippen molar-refractivity contribution in [3.05, 3.63) is 71.8 Å². The second-order valence-corrected chi connectivity index (χ2v) is 8.16. The van der Waals surface area contributed by atoms with Crippen LogP contribution >= 0.6 is 0 Å². The van der Waals surface area contributed by atoms with Crippen LogP contribution in [0.4, 0.5) is 5.69 Å². The fraction of sp³-hybridized carbons (Fsp3) is 0.320. The molecule has 1 saturated heterocycles. The van der Waals surface area contributed by atoms with Crippen LogP contribution in [0.15, 0.2) is 60.7 Å². The molecule has 2 N–H and O–H groups in total. The number of benzene rings is 2. The molecule has 0 bridgehead atoms. The Labute approximate surface area is 182 Å². The Morgan fingerprint density at radius 1 is 0.903 bits per heavy atom. The molecule has 160 valence electrons. The van der Waals surface area contributed by atoms with Gasteiger partial charge in [-0.1, -0.05) is 36.4 Å². The minimum atomic E-state index is -0.147. The van der Waals surface area contributed by atoms with Crippen molar-refractivity contribution < 1.29 is 14.4 Å². The number of carbonyl (C=O) groups excluding carboxylic acids is 3. The molecule has 4 rings (SSSR count). The zero-order chi connectivity index (χ0) is 21.6. The summed E-state index contributed by atoms with van der Waals surface area (Å²) in [6.45, 7) is 1.11. The van der Waals surface area contributed by atoms with Gasteiger partial charge in [0.15, 0.2) is 0 Å². The Hall–Kier alpha value is -3.41. The van der Waals surface area contributed by atoms with E-state index in [1.807, 2.05) is 36.4 Å². The Kier molecular flexibility index (Phi) is 6.46. The fourth-order valence-electron chi connectivity index (χ4n) is 3.68. The summed E-state index contributed by atoms with van der Waals surface area (Å²) in [5.41, 5.74) is 2.16. The Morgan fingerprint density at radius 2 is 1.65 bits per heavy atom. The summed E-state index contributed by atoms with van der Waals surface area (Å²) in [5, 5.41) is 5.89. The molecule has 2 aromatic carbocycles. The molecule has 0 spiro atoms. The molecule has 6 nitrogen and oxygen atoms in total. The highest BCUT2D eigenvalue weighted by Crippen LogP contribution is 2.22. The molecule has 2 aliphatic rings. The van der Waals surface area contributed by atoms with Crippen LogP contribution in [0.3, 0.4) is 0 Å². The molecule has 0 aromatic heterocycles. The monoisotopic (exact) mass is 417 g/mol. The van der Waals surface area contributed by atoms with E-state index in [-0.39, 0.29) is 23.6 Å². The third kappa shape index (κ3) is 5.81. The van der Waals surface area contributed by atoms with Gasteiger partial charge < -0.3 is 15.5 Å². The lowest BCUT2D eigenvalue weighted by atomic mass is 9.95. The van der Waals surface area contributed by atoms with E-state index in [9.17, 15) is 14.4 Å². The molecule has 1 saturated carbocycles. The highest BCUT2D eigenvalue weighted by atomic mass is 16.2. The van der Waals surface area contributed by atoms with Gasteiger partial charge in [0.1, 0.15) is 0 Å². The SMILES string of the molecule is O=C(NC1CC1)c1cccc(NC(=O)C2CCN(C(=O)/C=C/c3ccccc3)CC2)c1. The van der Waals surface area contributed by atoms with E-state index in [0.717, 1.165) is 18.4 Å². The molecule has 6 heteroatoms. The van der Waals surface area contributed by atoms with Crippen molar-refractivity contribution in [2.45, 2.75) is 31.7 Å². The van der Waals surface area contributed by atoms with E-state index < -0.39 is 0 Å². The number of amides is 3. The zero-order valence-electron chi connectivity index (χ0n) is 17.4. The fourth-order valence-corrected chi connectivity index (χ4v) is 3.68. The molecule has 0 radical (unpaired) electrons. The summed E-state index contributed by atoms with van der Waals surface area (Å²) in [7, 11) is 0. The Bertz CT molecular complexity index is 975. The van der Waals surface area contributed by atoms with Crippen molar-refractivity contribution in [3.63, 3.8) is 0 Å². The number of likely N-dealkylation sites (tertiary alicyclic amines) is 1. The molecular formula is C25H27N3O3. The molecule has 2 fully saturated rings. The molecule has 31 heavy (non-hydrogen) atoms. The first kappa shape index (κ1) is 20.8. The average Bonchev–Trinajstić information content (AvgIpc) is 3.62. The van der Waals surface area contributed by atoms with Crippen LogP contribution in [-0.4, -0.2) is 41.8 Å². The number of carbonyl (C=O) groups is 3. The lowest BCUT2D eigenvalue weighted by molar-refractivity contribution is -0.130. The predicted octanol–water partition coefficient (Wildman–Crippen LogP) is 3.47. The first-order chi connectivity index (χ1) is 15.1. The summed E-state index contributed by atoms with van der Waals surface area (Å²) in [6.07, 6.45) is 6.72. The summed E-state index contributed by atoms with van der Waals surface area (Å²) in [6, 6.07) is 17.0. The van der Waals surface area contributed by atoms with Crippen LogP contribution in [0.5, 0.6) is 0 Å². The smallest absolute Gasteiger partial charge is 0.251 e. The number of nitrogens with zero attached hydrogens (tertiary/aromatic N) is 1. The van der Waals surface area contributed by atoms with Crippen molar-refractivity contribution in [1.82, 2.24) is 10.2 Å². The van der Waals surface area contributed by atoms with E-state index in [2.05, 4.69) is 10.6 Å². The average molecular weight is 418 g/mol. The van der Waals surface area contributed by atoms with E-state index in [4.69, 9.17) is 0 Å². The van der Waals surface area contributed by atoms with E-state index in [1.54, 1.807) is 35.2 Å². The maximum Gasteiger partial charge on any atom is 0.251 e.